The third-order valence-electron chi connectivity index (χ3n) is 3.16. The molecule has 1 N–H and O–H groups in total. The van der Waals surface area contributed by atoms with E-state index in [4.69, 9.17) is 4.74 Å². The molecule has 2 aromatic heterocycles. The second kappa shape index (κ2) is 6.15. The minimum absolute atomic E-state index is 0.292. The number of thioether (sulfide) groups is 1. The molecule has 0 aliphatic heterocycles. The molecule has 2 heterocycles. The molecule has 3 rings (SSSR count). The smallest absolute Gasteiger partial charge is 0.406 e. The Bertz CT molecular complexity index is 812. The standard InChI is InChI=1S/C14H13F3N4OS/c1-22-9-2-3-10-11(6-9)20-13(19-10)23-7-12-18-4-5-21(12)8-14(15,16)17/h2-6H,7-8H2,1H3,(H,19,20). The number of imidazole rings is 2. The average Bonchev–Trinajstić information content (AvgIpc) is 3.08. The van der Waals surface area contributed by atoms with Gasteiger partial charge in [0.25, 0.3) is 0 Å². The first-order valence-corrected chi connectivity index (χ1v) is 7.66. The van der Waals surface area contributed by atoms with Crippen LogP contribution >= 0.6 is 11.8 Å². The predicted octanol–water partition coefficient (Wildman–Crippen LogP) is 3.62. The van der Waals surface area contributed by atoms with Crippen molar-refractivity contribution >= 4 is 22.8 Å². The van der Waals surface area contributed by atoms with Gasteiger partial charge in [0, 0.05) is 18.5 Å². The number of rotatable bonds is 5. The number of hydrogen-bond donors (Lipinski definition) is 1. The van der Waals surface area contributed by atoms with E-state index in [1.165, 1.54) is 24.2 Å². The molecular formula is C14H13F3N4OS. The van der Waals surface area contributed by atoms with E-state index in [2.05, 4.69) is 15.0 Å². The van der Waals surface area contributed by atoms with Crippen molar-refractivity contribution in [1.82, 2.24) is 19.5 Å². The molecule has 0 bridgehead atoms. The Morgan fingerprint density at radius 2 is 2.17 bits per heavy atom. The van der Waals surface area contributed by atoms with E-state index >= 15 is 0 Å². The van der Waals surface area contributed by atoms with Gasteiger partial charge in [-0.1, -0.05) is 11.8 Å². The average molecular weight is 342 g/mol. The molecule has 1 aromatic carbocycles. The van der Waals surface area contributed by atoms with Crippen LogP contribution in [0.15, 0.2) is 35.7 Å². The van der Waals surface area contributed by atoms with Gasteiger partial charge in [-0.3, -0.25) is 0 Å². The number of halogens is 3. The SMILES string of the molecule is COc1ccc2nc(SCc3nccn3CC(F)(F)F)[nH]c2c1. The zero-order valence-corrected chi connectivity index (χ0v) is 12.9. The van der Waals surface area contributed by atoms with Gasteiger partial charge in [-0.05, 0) is 12.1 Å². The van der Waals surface area contributed by atoms with Crippen molar-refractivity contribution in [2.45, 2.75) is 23.6 Å². The number of aromatic nitrogens is 4. The molecule has 0 unspecified atom stereocenters. The molecule has 0 amide bonds. The summed E-state index contributed by atoms with van der Waals surface area (Å²) >= 11 is 1.30. The lowest BCUT2D eigenvalue weighted by atomic mass is 10.3. The Labute approximate surface area is 133 Å². The summed E-state index contributed by atoms with van der Waals surface area (Å²) in [4.78, 5) is 11.5. The summed E-state index contributed by atoms with van der Waals surface area (Å²) < 4.78 is 43.7. The van der Waals surface area contributed by atoms with Gasteiger partial charge in [0.2, 0.25) is 0 Å². The molecule has 0 spiro atoms. The molecule has 0 aliphatic carbocycles. The van der Waals surface area contributed by atoms with Gasteiger partial charge in [0.1, 0.15) is 18.1 Å². The maximum Gasteiger partial charge on any atom is 0.406 e. The molecule has 0 fully saturated rings. The van der Waals surface area contributed by atoms with Crippen molar-refractivity contribution in [2.24, 2.45) is 0 Å². The molecular weight excluding hydrogens is 329 g/mol. The van der Waals surface area contributed by atoms with Crippen LogP contribution in [0.2, 0.25) is 0 Å². The molecule has 9 heteroatoms. The van der Waals surface area contributed by atoms with E-state index in [1.54, 1.807) is 13.2 Å². The van der Waals surface area contributed by atoms with Gasteiger partial charge >= 0.3 is 6.18 Å². The third kappa shape index (κ3) is 3.79. The molecule has 0 radical (unpaired) electrons. The van der Waals surface area contributed by atoms with Crippen LogP contribution in [0.5, 0.6) is 5.75 Å². The van der Waals surface area contributed by atoms with E-state index in [-0.39, 0.29) is 0 Å². The van der Waals surface area contributed by atoms with Crippen LogP contribution in [0.1, 0.15) is 5.82 Å². The zero-order valence-electron chi connectivity index (χ0n) is 12.1. The highest BCUT2D eigenvalue weighted by molar-refractivity contribution is 7.98. The van der Waals surface area contributed by atoms with Crippen LogP contribution in [0.4, 0.5) is 13.2 Å². The minimum atomic E-state index is -4.27. The van der Waals surface area contributed by atoms with Crippen molar-refractivity contribution in [1.29, 1.82) is 0 Å². The van der Waals surface area contributed by atoms with Crippen LogP contribution in [-0.4, -0.2) is 32.8 Å². The number of hydrogen-bond acceptors (Lipinski definition) is 4. The second-order valence-corrected chi connectivity index (χ2v) is 5.76. The van der Waals surface area contributed by atoms with E-state index < -0.39 is 12.7 Å². The first kappa shape index (κ1) is 15.7. The van der Waals surface area contributed by atoms with Crippen LogP contribution < -0.4 is 4.74 Å². The predicted molar refractivity (Wildman–Crippen MR) is 80.5 cm³/mol. The quantitative estimate of drug-likeness (QED) is 0.720. The second-order valence-electron chi connectivity index (χ2n) is 4.80. The number of aromatic amines is 1. The highest BCUT2D eigenvalue weighted by Crippen LogP contribution is 2.26. The van der Waals surface area contributed by atoms with Crippen molar-refractivity contribution in [3.8, 4) is 5.75 Å². The lowest BCUT2D eigenvalue weighted by Gasteiger charge is -2.09. The van der Waals surface area contributed by atoms with Gasteiger partial charge < -0.3 is 14.3 Å². The molecule has 0 saturated carbocycles. The molecule has 3 aromatic rings. The number of H-pyrrole nitrogens is 1. The number of ether oxygens (including phenoxy) is 1. The Hall–Kier alpha value is -2.16. The maximum absolute atomic E-state index is 12.5. The van der Waals surface area contributed by atoms with Crippen LogP contribution in [0.3, 0.4) is 0 Å². The molecule has 5 nitrogen and oxygen atoms in total. The fourth-order valence-corrected chi connectivity index (χ4v) is 2.96. The number of nitrogens with zero attached hydrogens (tertiary/aromatic N) is 3. The first-order valence-electron chi connectivity index (χ1n) is 6.68. The lowest BCUT2D eigenvalue weighted by Crippen LogP contribution is -2.18. The summed E-state index contributed by atoms with van der Waals surface area (Å²) in [5.74, 6) is 1.35. The van der Waals surface area contributed by atoms with Gasteiger partial charge in [-0.25, -0.2) is 9.97 Å². The highest BCUT2D eigenvalue weighted by Gasteiger charge is 2.28. The maximum atomic E-state index is 12.5. The summed E-state index contributed by atoms with van der Waals surface area (Å²) in [6.07, 6.45) is -1.58. The zero-order chi connectivity index (χ0) is 16.4. The number of methoxy groups -OCH3 is 1. The summed E-state index contributed by atoms with van der Waals surface area (Å²) in [6, 6.07) is 5.43. The van der Waals surface area contributed by atoms with Gasteiger partial charge in [-0.2, -0.15) is 13.2 Å². The monoisotopic (exact) mass is 342 g/mol. The number of fused-ring (bicyclic) bond motifs is 1. The normalized spacial score (nSPS) is 12.0. The Morgan fingerprint density at radius 3 is 2.91 bits per heavy atom. The number of nitrogens with one attached hydrogen (secondary N) is 1. The van der Waals surface area contributed by atoms with Crippen molar-refractivity contribution in [3.05, 3.63) is 36.4 Å². The summed E-state index contributed by atoms with van der Waals surface area (Å²) in [5.41, 5.74) is 1.58. The lowest BCUT2D eigenvalue weighted by molar-refractivity contribution is -0.140. The summed E-state index contributed by atoms with van der Waals surface area (Å²) in [5, 5.41) is 0.620. The first-order chi connectivity index (χ1) is 10.9. The highest BCUT2D eigenvalue weighted by atomic mass is 32.2. The molecule has 23 heavy (non-hydrogen) atoms. The van der Waals surface area contributed by atoms with Crippen molar-refractivity contribution in [3.63, 3.8) is 0 Å². The Morgan fingerprint density at radius 1 is 1.35 bits per heavy atom. The largest absolute Gasteiger partial charge is 0.497 e. The summed E-state index contributed by atoms with van der Waals surface area (Å²) in [6.45, 7) is -1.04. The Balaban J connectivity index is 1.72. The molecule has 0 saturated heterocycles. The van der Waals surface area contributed by atoms with Gasteiger partial charge in [-0.15, -0.1) is 0 Å². The van der Waals surface area contributed by atoms with E-state index in [9.17, 15) is 13.2 Å². The number of alkyl halides is 3. The fourth-order valence-electron chi connectivity index (χ4n) is 2.11. The number of benzene rings is 1. The van der Waals surface area contributed by atoms with E-state index in [1.807, 2.05) is 12.1 Å². The van der Waals surface area contributed by atoms with Gasteiger partial charge in [0.05, 0.1) is 23.9 Å². The van der Waals surface area contributed by atoms with Crippen LogP contribution in [-0.2, 0) is 12.3 Å². The topological polar surface area (TPSA) is 55.7 Å². The van der Waals surface area contributed by atoms with E-state index in [0.29, 0.717) is 22.5 Å². The van der Waals surface area contributed by atoms with Crippen LogP contribution in [0.25, 0.3) is 11.0 Å². The minimum Gasteiger partial charge on any atom is -0.497 e. The van der Waals surface area contributed by atoms with Crippen LogP contribution in [0, 0.1) is 0 Å². The van der Waals surface area contributed by atoms with Crippen molar-refractivity contribution in [2.75, 3.05) is 7.11 Å². The molecule has 122 valence electrons. The van der Waals surface area contributed by atoms with Crippen molar-refractivity contribution < 1.29 is 17.9 Å². The van der Waals surface area contributed by atoms with Gasteiger partial charge in [0.15, 0.2) is 5.16 Å². The van der Waals surface area contributed by atoms with E-state index in [0.717, 1.165) is 15.6 Å². The third-order valence-corrected chi connectivity index (χ3v) is 4.03. The molecule has 0 atom stereocenters. The fraction of sp³-hybridized carbons (Fsp3) is 0.286. The Kier molecular flexibility index (Phi) is 4.20. The molecule has 0 aliphatic rings. The summed E-state index contributed by atoms with van der Waals surface area (Å²) in [7, 11) is 1.58.